The van der Waals surface area contributed by atoms with Gasteiger partial charge in [0.2, 0.25) is 0 Å². The van der Waals surface area contributed by atoms with Gasteiger partial charge in [0.1, 0.15) is 6.10 Å². The average Bonchev–Trinajstić information content (AvgIpc) is 2.85. The number of ether oxygens (including phenoxy) is 1. The van der Waals surface area contributed by atoms with Crippen molar-refractivity contribution in [2.75, 3.05) is 0 Å². The summed E-state index contributed by atoms with van der Waals surface area (Å²) >= 11 is 0. The molecule has 1 aromatic rings. The number of pyridine rings is 1. The van der Waals surface area contributed by atoms with Gasteiger partial charge in [0.15, 0.2) is 6.10 Å². The minimum absolute atomic E-state index is 0.0822. The van der Waals surface area contributed by atoms with Crippen LogP contribution in [0.15, 0.2) is 24.4 Å². The molecule has 0 radical (unpaired) electrons. The summed E-state index contributed by atoms with van der Waals surface area (Å²) in [6.45, 7) is 0. The molecule has 1 saturated heterocycles. The molecule has 0 spiro atoms. The molecule has 1 fully saturated rings. The smallest absolute Gasteiger partial charge is 0.176 e. The first-order chi connectivity index (χ1) is 5.42. The zero-order chi connectivity index (χ0) is 7.68. The van der Waals surface area contributed by atoms with E-state index in [2.05, 4.69) is 4.98 Å². The molecule has 2 heterocycles. The first kappa shape index (κ1) is 6.32. The molecule has 2 atom stereocenters. The van der Waals surface area contributed by atoms with Crippen molar-refractivity contribution in [3.8, 4) is 6.07 Å². The lowest BCUT2D eigenvalue weighted by Crippen LogP contribution is -1.87. The minimum Gasteiger partial charge on any atom is -0.347 e. The maximum Gasteiger partial charge on any atom is 0.176 e. The molecule has 0 N–H and O–H groups in total. The van der Waals surface area contributed by atoms with Gasteiger partial charge in [0.05, 0.1) is 11.8 Å². The fourth-order valence-electron chi connectivity index (χ4n) is 0.980. The van der Waals surface area contributed by atoms with Gasteiger partial charge in [0.25, 0.3) is 0 Å². The molecule has 2 rings (SSSR count). The Morgan fingerprint density at radius 2 is 2.45 bits per heavy atom. The molecule has 0 unspecified atom stereocenters. The second-order valence-corrected chi connectivity index (χ2v) is 2.36. The van der Waals surface area contributed by atoms with E-state index >= 15 is 0 Å². The molecule has 1 aliphatic rings. The lowest BCUT2D eigenvalue weighted by molar-refractivity contribution is 0.393. The van der Waals surface area contributed by atoms with Gasteiger partial charge in [-0.3, -0.25) is 4.98 Å². The van der Waals surface area contributed by atoms with E-state index in [1.165, 1.54) is 0 Å². The Morgan fingerprint density at radius 1 is 1.55 bits per heavy atom. The van der Waals surface area contributed by atoms with Crippen LogP contribution in [-0.2, 0) is 4.74 Å². The summed E-state index contributed by atoms with van der Waals surface area (Å²) in [7, 11) is 0. The number of aromatic nitrogens is 1. The molecule has 0 saturated carbocycles. The van der Waals surface area contributed by atoms with Crippen LogP contribution in [0.3, 0.4) is 0 Å². The van der Waals surface area contributed by atoms with Gasteiger partial charge in [0, 0.05) is 6.20 Å². The second kappa shape index (κ2) is 2.33. The van der Waals surface area contributed by atoms with Crippen LogP contribution in [0.4, 0.5) is 0 Å². The van der Waals surface area contributed by atoms with Crippen LogP contribution >= 0.6 is 0 Å². The van der Waals surface area contributed by atoms with Crippen LogP contribution in [0, 0.1) is 11.3 Å². The Bertz CT molecular complexity index is 291. The molecule has 0 aliphatic carbocycles. The number of epoxide rings is 1. The Labute approximate surface area is 64.2 Å². The molecule has 3 nitrogen and oxygen atoms in total. The second-order valence-electron chi connectivity index (χ2n) is 2.36. The van der Waals surface area contributed by atoms with E-state index in [0.29, 0.717) is 0 Å². The number of nitrogens with zero attached hydrogens (tertiary/aromatic N) is 2. The Kier molecular flexibility index (Phi) is 1.34. The van der Waals surface area contributed by atoms with E-state index < -0.39 is 0 Å². The van der Waals surface area contributed by atoms with Crippen molar-refractivity contribution in [3.05, 3.63) is 30.1 Å². The SMILES string of the molecule is N#C[C@H]1O[C@H]1c1ccccn1. The lowest BCUT2D eigenvalue weighted by atomic mass is 10.2. The third kappa shape index (κ3) is 1.08. The van der Waals surface area contributed by atoms with E-state index in [0.717, 1.165) is 5.69 Å². The maximum atomic E-state index is 8.43. The van der Waals surface area contributed by atoms with E-state index in [-0.39, 0.29) is 12.2 Å². The van der Waals surface area contributed by atoms with Crippen molar-refractivity contribution >= 4 is 0 Å². The van der Waals surface area contributed by atoms with E-state index in [1.807, 2.05) is 24.3 Å². The molecular formula is C8H6N2O. The van der Waals surface area contributed by atoms with Gasteiger partial charge < -0.3 is 4.74 Å². The third-order valence-corrected chi connectivity index (χ3v) is 1.60. The average molecular weight is 146 g/mol. The zero-order valence-electron chi connectivity index (χ0n) is 5.77. The standard InChI is InChI=1S/C8H6N2O/c9-5-7-8(11-7)6-3-1-2-4-10-6/h1-4,7-8H/t7-,8+/m1/s1. The van der Waals surface area contributed by atoms with E-state index in [1.54, 1.807) is 6.20 Å². The highest BCUT2D eigenvalue weighted by atomic mass is 16.6. The summed E-state index contributed by atoms with van der Waals surface area (Å²) in [6, 6.07) is 7.62. The summed E-state index contributed by atoms with van der Waals surface area (Å²) in [5, 5.41) is 8.43. The summed E-state index contributed by atoms with van der Waals surface area (Å²) < 4.78 is 5.03. The first-order valence-corrected chi connectivity index (χ1v) is 3.38. The molecule has 0 bridgehead atoms. The lowest BCUT2D eigenvalue weighted by Gasteiger charge is -1.89. The fourth-order valence-corrected chi connectivity index (χ4v) is 0.980. The maximum absolute atomic E-state index is 8.43. The van der Waals surface area contributed by atoms with Crippen LogP contribution < -0.4 is 0 Å². The van der Waals surface area contributed by atoms with E-state index in [4.69, 9.17) is 10.00 Å². The van der Waals surface area contributed by atoms with Gasteiger partial charge in [-0.1, -0.05) is 6.07 Å². The zero-order valence-corrected chi connectivity index (χ0v) is 5.77. The monoisotopic (exact) mass is 146 g/mol. The van der Waals surface area contributed by atoms with Gasteiger partial charge in [-0.2, -0.15) is 5.26 Å². The highest BCUT2D eigenvalue weighted by molar-refractivity contribution is 5.18. The predicted octanol–water partition coefficient (Wildman–Crippen LogP) is 1.05. The third-order valence-electron chi connectivity index (χ3n) is 1.60. The van der Waals surface area contributed by atoms with Gasteiger partial charge in [-0.05, 0) is 12.1 Å². The number of rotatable bonds is 1. The van der Waals surface area contributed by atoms with Crippen LogP contribution in [0.1, 0.15) is 11.8 Å². The Hall–Kier alpha value is -1.40. The number of nitriles is 1. The molecular weight excluding hydrogens is 140 g/mol. The van der Waals surface area contributed by atoms with Crippen LogP contribution in [0.25, 0.3) is 0 Å². The van der Waals surface area contributed by atoms with E-state index in [9.17, 15) is 0 Å². The quantitative estimate of drug-likeness (QED) is 0.556. The van der Waals surface area contributed by atoms with Crippen molar-refractivity contribution in [1.82, 2.24) is 4.98 Å². The summed E-state index contributed by atoms with van der Waals surface area (Å²) in [4.78, 5) is 4.06. The fraction of sp³-hybridized carbons (Fsp3) is 0.250. The van der Waals surface area contributed by atoms with Crippen LogP contribution in [0.2, 0.25) is 0 Å². The predicted molar refractivity (Wildman–Crippen MR) is 37.5 cm³/mol. The first-order valence-electron chi connectivity index (χ1n) is 3.38. The van der Waals surface area contributed by atoms with Crippen LogP contribution in [-0.4, -0.2) is 11.1 Å². The molecule has 0 amide bonds. The number of hydrogen-bond acceptors (Lipinski definition) is 3. The van der Waals surface area contributed by atoms with Gasteiger partial charge in [-0.15, -0.1) is 0 Å². The van der Waals surface area contributed by atoms with Crippen molar-refractivity contribution in [3.63, 3.8) is 0 Å². The molecule has 3 heteroatoms. The topological polar surface area (TPSA) is 49.2 Å². The summed E-state index contributed by atoms with van der Waals surface area (Å²) in [5.74, 6) is 0. The van der Waals surface area contributed by atoms with Crippen molar-refractivity contribution in [2.45, 2.75) is 12.2 Å². The van der Waals surface area contributed by atoms with Crippen molar-refractivity contribution < 1.29 is 4.74 Å². The molecule has 54 valence electrons. The molecule has 1 aromatic heterocycles. The highest BCUT2D eigenvalue weighted by Crippen LogP contribution is 2.36. The minimum atomic E-state index is -0.273. The summed E-state index contributed by atoms with van der Waals surface area (Å²) in [5.41, 5.74) is 0.846. The van der Waals surface area contributed by atoms with Gasteiger partial charge in [-0.25, -0.2) is 0 Å². The molecule has 0 aromatic carbocycles. The normalized spacial score (nSPS) is 27.5. The van der Waals surface area contributed by atoms with Crippen molar-refractivity contribution in [1.29, 1.82) is 5.26 Å². The van der Waals surface area contributed by atoms with Crippen molar-refractivity contribution in [2.24, 2.45) is 0 Å². The number of hydrogen-bond donors (Lipinski definition) is 0. The van der Waals surface area contributed by atoms with Gasteiger partial charge >= 0.3 is 0 Å². The Balaban J connectivity index is 2.16. The Morgan fingerprint density at radius 3 is 3.00 bits per heavy atom. The largest absolute Gasteiger partial charge is 0.347 e. The molecule has 11 heavy (non-hydrogen) atoms. The molecule has 1 aliphatic heterocycles. The summed E-state index contributed by atoms with van der Waals surface area (Å²) in [6.07, 6.45) is 1.34. The highest BCUT2D eigenvalue weighted by Gasteiger charge is 2.41. The van der Waals surface area contributed by atoms with Crippen LogP contribution in [0.5, 0.6) is 0 Å².